The summed E-state index contributed by atoms with van der Waals surface area (Å²) >= 11 is 0. The van der Waals surface area contributed by atoms with Crippen LogP contribution in [0.5, 0.6) is 0 Å². The molecule has 0 radical (unpaired) electrons. The van der Waals surface area contributed by atoms with Crippen molar-refractivity contribution in [2.24, 2.45) is 5.92 Å². The summed E-state index contributed by atoms with van der Waals surface area (Å²) in [6.45, 7) is 2.13. The molecule has 1 saturated heterocycles. The molecule has 1 aliphatic rings. The Balaban J connectivity index is 1.65. The summed E-state index contributed by atoms with van der Waals surface area (Å²) in [6.07, 6.45) is 3.59. The van der Waals surface area contributed by atoms with E-state index in [1.807, 2.05) is 41.3 Å². The first kappa shape index (κ1) is 15.6. The van der Waals surface area contributed by atoms with Crippen molar-refractivity contribution in [2.75, 3.05) is 25.0 Å². The zero-order chi connectivity index (χ0) is 16.1. The second-order valence-corrected chi connectivity index (χ2v) is 5.96. The summed E-state index contributed by atoms with van der Waals surface area (Å²) in [6, 6.07) is 11.3. The standard InChI is InChI=1S/C18H22N2O3/c21-13-14-4-2-8-20(12-14)18(22)15-5-1-6-16(10-15)19-11-17-7-3-9-23-17/h1,3,5-7,9-10,14,19,21H,2,4,8,11-13H2. The highest BCUT2D eigenvalue weighted by Crippen LogP contribution is 2.20. The first-order valence-electron chi connectivity index (χ1n) is 8.02. The number of hydrogen-bond acceptors (Lipinski definition) is 4. The lowest BCUT2D eigenvalue weighted by molar-refractivity contribution is 0.0621. The van der Waals surface area contributed by atoms with Gasteiger partial charge in [-0.15, -0.1) is 0 Å². The van der Waals surface area contributed by atoms with E-state index in [0.717, 1.165) is 30.8 Å². The van der Waals surface area contributed by atoms with Crippen molar-refractivity contribution in [1.29, 1.82) is 0 Å². The van der Waals surface area contributed by atoms with Gasteiger partial charge in [-0.3, -0.25) is 4.79 Å². The van der Waals surface area contributed by atoms with Crippen molar-refractivity contribution in [3.63, 3.8) is 0 Å². The first-order chi connectivity index (χ1) is 11.3. The van der Waals surface area contributed by atoms with Gasteiger partial charge in [0.15, 0.2) is 0 Å². The molecule has 0 aliphatic carbocycles. The smallest absolute Gasteiger partial charge is 0.253 e. The fourth-order valence-electron chi connectivity index (χ4n) is 2.95. The summed E-state index contributed by atoms with van der Waals surface area (Å²) in [4.78, 5) is 14.5. The van der Waals surface area contributed by atoms with Crippen LogP contribution in [0.3, 0.4) is 0 Å². The van der Waals surface area contributed by atoms with Gasteiger partial charge in [-0.05, 0) is 49.1 Å². The molecule has 122 valence electrons. The highest BCUT2D eigenvalue weighted by atomic mass is 16.3. The van der Waals surface area contributed by atoms with Gasteiger partial charge < -0.3 is 19.7 Å². The second kappa shape index (κ2) is 7.33. The molecular weight excluding hydrogens is 292 g/mol. The maximum atomic E-state index is 12.6. The van der Waals surface area contributed by atoms with Crippen LogP contribution in [0.4, 0.5) is 5.69 Å². The number of aliphatic hydroxyl groups is 1. The van der Waals surface area contributed by atoms with Crippen molar-refractivity contribution < 1.29 is 14.3 Å². The van der Waals surface area contributed by atoms with E-state index in [2.05, 4.69) is 5.32 Å². The van der Waals surface area contributed by atoms with E-state index in [1.165, 1.54) is 0 Å². The molecule has 0 saturated carbocycles. The minimum atomic E-state index is 0.0322. The zero-order valence-electron chi connectivity index (χ0n) is 13.1. The van der Waals surface area contributed by atoms with Crippen molar-refractivity contribution in [3.8, 4) is 0 Å². The van der Waals surface area contributed by atoms with Crippen LogP contribution in [0.15, 0.2) is 47.1 Å². The monoisotopic (exact) mass is 314 g/mol. The third-order valence-electron chi connectivity index (χ3n) is 4.22. The number of anilines is 1. The largest absolute Gasteiger partial charge is 0.467 e. The summed E-state index contributed by atoms with van der Waals surface area (Å²) in [5.41, 5.74) is 1.57. The molecule has 0 bridgehead atoms. The summed E-state index contributed by atoms with van der Waals surface area (Å²) in [7, 11) is 0. The quantitative estimate of drug-likeness (QED) is 0.890. The van der Waals surface area contributed by atoms with Crippen LogP contribution in [-0.4, -0.2) is 35.6 Å². The Morgan fingerprint density at radius 1 is 1.35 bits per heavy atom. The van der Waals surface area contributed by atoms with Crippen molar-refractivity contribution in [1.82, 2.24) is 4.90 Å². The fourth-order valence-corrected chi connectivity index (χ4v) is 2.95. The van der Waals surface area contributed by atoms with Crippen LogP contribution < -0.4 is 5.32 Å². The minimum absolute atomic E-state index is 0.0322. The average Bonchev–Trinajstić information content (AvgIpc) is 3.13. The lowest BCUT2D eigenvalue weighted by atomic mass is 9.98. The van der Waals surface area contributed by atoms with Gasteiger partial charge in [-0.2, -0.15) is 0 Å². The zero-order valence-corrected chi connectivity index (χ0v) is 13.1. The minimum Gasteiger partial charge on any atom is -0.467 e. The van der Waals surface area contributed by atoms with E-state index in [1.54, 1.807) is 6.26 Å². The highest BCUT2D eigenvalue weighted by molar-refractivity contribution is 5.95. The molecule has 1 fully saturated rings. The van der Waals surface area contributed by atoms with Gasteiger partial charge >= 0.3 is 0 Å². The number of carbonyl (C=O) groups is 1. The maximum Gasteiger partial charge on any atom is 0.253 e. The number of rotatable bonds is 5. The van der Waals surface area contributed by atoms with E-state index >= 15 is 0 Å². The van der Waals surface area contributed by atoms with E-state index in [9.17, 15) is 9.90 Å². The molecule has 5 heteroatoms. The van der Waals surface area contributed by atoms with Crippen LogP contribution in [0.1, 0.15) is 29.0 Å². The summed E-state index contributed by atoms with van der Waals surface area (Å²) < 4.78 is 5.29. The number of benzene rings is 1. The van der Waals surface area contributed by atoms with Gasteiger partial charge in [-0.25, -0.2) is 0 Å². The normalized spacial score (nSPS) is 18.0. The molecule has 23 heavy (non-hydrogen) atoms. The number of amides is 1. The third-order valence-corrected chi connectivity index (χ3v) is 4.22. The Hall–Kier alpha value is -2.27. The van der Waals surface area contributed by atoms with E-state index in [-0.39, 0.29) is 18.4 Å². The Bertz CT molecular complexity index is 639. The van der Waals surface area contributed by atoms with Crippen LogP contribution in [-0.2, 0) is 6.54 Å². The number of piperidine rings is 1. The Morgan fingerprint density at radius 3 is 3.04 bits per heavy atom. The molecule has 2 N–H and O–H groups in total. The van der Waals surface area contributed by atoms with Crippen LogP contribution in [0.2, 0.25) is 0 Å². The average molecular weight is 314 g/mol. The number of nitrogens with zero attached hydrogens (tertiary/aromatic N) is 1. The van der Waals surface area contributed by atoms with Gasteiger partial charge in [0.25, 0.3) is 5.91 Å². The second-order valence-electron chi connectivity index (χ2n) is 5.96. The highest BCUT2D eigenvalue weighted by Gasteiger charge is 2.24. The number of aliphatic hydroxyl groups excluding tert-OH is 1. The van der Waals surface area contributed by atoms with Crippen molar-refractivity contribution >= 4 is 11.6 Å². The fraction of sp³-hybridized carbons (Fsp3) is 0.389. The molecule has 1 amide bonds. The molecule has 1 aromatic carbocycles. The first-order valence-corrected chi connectivity index (χ1v) is 8.02. The van der Waals surface area contributed by atoms with Gasteiger partial charge in [0.2, 0.25) is 0 Å². The predicted octanol–water partition coefficient (Wildman–Crippen LogP) is 2.74. The van der Waals surface area contributed by atoms with Gasteiger partial charge in [-0.1, -0.05) is 6.07 Å². The van der Waals surface area contributed by atoms with E-state index in [0.29, 0.717) is 18.7 Å². The molecule has 2 heterocycles. The summed E-state index contributed by atoms with van der Waals surface area (Å²) in [5.74, 6) is 1.08. The van der Waals surface area contributed by atoms with Crippen molar-refractivity contribution in [2.45, 2.75) is 19.4 Å². The lowest BCUT2D eigenvalue weighted by Gasteiger charge is -2.32. The lowest BCUT2D eigenvalue weighted by Crippen LogP contribution is -2.40. The van der Waals surface area contributed by atoms with Crippen LogP contribution in [0.25, 0.3) is 0 Å². The van der Waals surface area contributed by atoms with Gasteiger partial charge in [0, 0.05) is 30.9 Å². The Kier molecular flexibility index (Phi) is 4.98. The Labute approximate surface area is 135 Å². The SMILES string of the molecule is O=C(c1cccc(NCc2ccco2)c1)N1CCCC(CO)C1. The molecule has 5 nitrogen and oxygen atoms in total. The molecule has 2 aromatic rings. The molecule has 1 unspecified atom stereocenters. The number of carbonyl (C=O) groups excluding carboxylic acids is 1. The van der Waals surface area contributed by atoms with Crippen molar-refractivity contribution in [3.05, 3.63) is 54.0 Å². The number of nitrogens with one attached hydrogen (secondary N) is 1. The van der Waals surface area contributed by atoms with E-state index < -0.39 is 0 Å². The molecule has 3 rings (SSSR count). The van der Waals surface area contributed by atoms with Gasteiger partial charge in [0.05, 0.1) is 12.8 Å². The number of hydrogen-bond donors (Lipinski definition) is 2. The third kappa shape index (κ3) is 3.93. The molecule has 1 aliphatic heterocycles. The number of likely N-dealkylation sites (tertiary alicyclic amines) is 1. The van der Waals surface area contributed by atoms with E-state index in [4.69, 9.17) is 4.42 Å². The Morgan fingerprint density at radius 2 is 2.26 bits per heavy atom. The molecule has 1 aromatic heterocycles. The van der Waals surface area contributed by atoms with Crippen LogP contribution >= 0.6 is 0 Å². The molecule has 0 spiro atoms. The molecular formula is C18H22N2O3. The topological polar surface area (TPSA) is 65.7 Å². The number of furan rings is 1. The predicted molar refractivity (Wildman–Crippen MR) is 88.2 cm³/mol. The molecule has 1 atom stereocenters. The summed E-state index contributed by atoms with van der Waals surface area (Å²) in [5, 5.41) is 12.6. The maximum absolute atomic E-state index is 12.6. The van der Waals surface area contributed by atoms with Gasteiger partial charge in [0.1, 0.15) is 5.76 Å². The van der Waals surface area contributed by atoms with Crippen LogP contribution in [0, 0.1) is 5.92 Å².